The van der Waals surface area contributed by atoms with Crippen LogP contribution in [0.1, 0.15) is 0 Å². The smallest absolute Gasteiger partial charge is 0.143 e. The van der Waals surface area contributed by atoms with E-state index in [1.807, 2.05) is 12.1 Å². The Labute approximate surface area is 307 Å². The lowest BCUT2D eigenvalue weighted by atomic mass is 9.83. The third kappa shape index (κ3) is 4.71. The van der Waals surface area contributed by atoms with Gasteiger partial charge in [-0.2, -0.15) is 0 Å². The largest absolute Gasteiger partial charge is 0.455 e. The first-order chi connectivity index (χ1) is 26.3. The molecular formula is C52H32O. The predicted molar refractivity (Wildman–Crippen MR) is 225 cm³/mol. The zero-order valence-electron chi connectivity index (χ0n) is 28.9. The molecule has 0 saturated carbocycles. The normalized spacial score (nSPS) is 11.8. The van der Waals surface area contributed by atoms with Gasteiger partial charge in [-0.05, 0) is 100 Å². The highest BCUT2D eigenvalue weighted by atomic mass is 16.3. The molecule has 10 aromatic carbocycles. The SMILES string of the molecule is c1ccc2cc(-c3ccc4c(-c5cccc6ccccc56)c5ccccc5c(-c5ccc(-c6cccc7c6oc6ccccc67)cc5)c4c3)ccc2c1. The van der Waals surface area contributed by atoms with Crippen molar-refractivity contribution >= 4 is 65.0 Å². The van der Waals surface area contributed by atoms with Crippen LogP contribution in [0.25, 0.3) is 110 Å². The van der Waals surface area contributed by atoms with Crippen LogP contribution in [0, 0.1) is 0 Å². The van der Waals surface area contributed by atoms with Crippen molar-refractivity contribution in [2.75, 3.05) is 0 Å². The predicted octanol–water partition coefficient (Wildman–Crippen LogP) is 14.9. The van der Waals surface area contributed by atoms with Crippen molar-refractivity contribution in [3.8, 4) is 44.5 Å². The van der Waals surface area contributed by atoms with Gasteiger partial charge in [0.1, 0.15) is 11.2 Å². The molecule has 0 saturated heterocycles. The molecular weight excluding hydrogens is 641 g/mol. The van der Waals surface area contributed by atoms with Crippen LogP contribution < -0.4 is 0 Å². The lowest BCUT2D eigenvalue weighted by molar-refractivity contribution is 0.670. The fourth-order valence-corrected chi connectivity index (χ4v) is 8.56. The Morgan fingerprint density at radius 3 is 1.66 bits per heavy atom. The van der Waals surface area contributed by atoms with Crippen LogP contribution in [0.2, 0.25) is 0 Å². The van der Waals surface area contributed by atoms with E-state index in [4.69, 9.17) is 4.42 Å². The number of fused-ring (bicyclic) bond motifs is 7. The summed E-state index contributed by atoms with van der Waals surface area (Å²) in [6, 6.07) is 70.7. The van der Waals surface area contributed by atoms with E-state index < -0.39 is 0 Å². The molecule has 0 aliphatic heterocycles. The van der Waals surface area contributed by atoms with Gasteiger partial charge in [0.2, 0.25) is 0 Å². The molecule has 0 aliphatic rings. The van der Waals surface area contributed by atoms with Crippen molar-refractivity contribution in [1.29, 1.82) is 0 Å². The molecule has 11 aromatic rings. The van der Waals surface area contributed by atoms with Gasteiger partial charge in [-0.25, -0.2) is 0 Å². The van der Waals surface area contributed by atoms with E-state index >= 15 is 0 Å². The van der Waals surface area contributed by atoms with Crippen LogP contribution >= 0.6 is 0 Å². The molecule has 0 fully saturated rings. The third-order valence-electron chi connectivity index (χ3n) is 11.1. The standard InChI is InChI=1S/C52H32O/c1-2-13-37-31-38(28-23-33(37)11-1)39-29-30-46-48(32-39)50(44-17-5-6-18-45(44)51(46)43-20-9-14-34-12-3-4-15-40(34)43)36-26-24-35(25-27-36)41-19-10-21-47-42-16-7-8-22-49(42)53-52(41)47/h1-32H. The van der Waals surface area contributed by atoms with Gasteiger partial charge in [0.05, 0.1) is 0 Å². The molecule has 0 bridgehead atoms. The molecule has 0 unspecified atom stereocenters. The van der Waals surface area contributed by atoms with Gasteiger partial charge < -0.3 is 4.42 Å². The maximum atomic E-state index is 6.44. The summed E-state index contributed by atoms with van der Waals surface area (Å²) in [5.41, 5.74) is 11.5. The molecule has 53 heavy (non-hydrogen) atoms. The number of hydrogen-bond acceptors (Lipinski definition) is 1. The number of hydrogen-bond donors (Lipinski definition) is 0. The summed E-state index contributed by atoms with van der Waals surface area (Å²) in [6.07, 6.45) is 0. The molecule has 0 atom stereocenters. The number of rotatable bonds is 4. The summed E-state index contributed by atoms with van der Waals surface area (Å²) in [6.45, 7) is 0. The fourth-order valence-electron chi connectivity index (χ4n) is 8.56. The molecule has 1 heteroatoms. The van der Waals surface area contributed by atoms with Gasteiger partial charge in [-0.1, -0.05) is 176 Å². The minimum absolute atomic E-state index is 0.915. The minimum Gasteiger partial charge on any atom is -0.455 e. The number of furan rings is 1. The monoisotopic (exact) mass is 672 g/mol. The Balaban J connectivity index is 1.17. The molecule has 1 aromatic heterocycles. The first kappa shape index (κ1) is 29.7. The van der Waals surface area contributed by atoms with Crippen molar-refractivity contribution in [3.05, 3.63) is 194 Å². The molecule has 0 N–H and O–H groups in total. The van der Waals surface area contributed by atoms with Crippen molar-refractivity contribution < 1.29 is 4.42 Å². The second-order valence-corrected chi connectivity index (χ2v) is 14.0. The van der Waals surface area contributed by atoms with Crippen LogP contribution in [0.4, 0.5) is 0 Å². The highest BCUT2D eigenvalue weighted by Gasteiger charge is 2.19. The van der Waals surface area contributed by atoms with E-state index in [1.54, 1.807) is 0 Å². The van der Waals surface area contributed by atoms with E-state index in [0.29, 0.717) is 0 Å². The highest BCUT2D eigenvalue weighted by Crippen LogP contribution is 2.47. The van der Waals surface area contributed by atoms with Crippen LogP contribution in [-0.4, -0.2) is 0 Å². The lowest BCUT2D eigenvalue weighted by Gasteiger charge is -2.20. The van der Waals surface area contributed by atoms with Crippen molar-refractivity contribution in [2.45, 2.75) is 0 Å². The van der Waals surface area contributed by atoms with Gasteiger partial charge in [0.15, 0.2) is 0 Å². The zero-order valence-corrected chi connectivity index (χ0v) is 28.9. The summed E-state index contributed by atoms with van der Waals surface area (Å²) < 4.78 is 6.44. The zero-order chi connectivity index (χ0) is 34.9. The molecule has 11 rings (SSSR count). The first-order valence-electron chi connectivity index (χ1n) is 18.3. The van der Waals surface area contributed by atoms with Crippen LogP contribution in [0.15, 0.2) is 199 Å². The van der Waals surface area contributed by atoms with E-state index in [0.717, 1.165) is 33.1 Å². The molecule has 246 valence electrons. The lowest BCUT2D eigenvalue weighted by Crippen LogP contribution is -1.92. The van der Waals surface area contributed by atoms with Crippen LogP contribution in [-0.2, 0) is 0 Å². The molecule has 0 aliphatic carbocycles. The fraction of sp³-hybridized carbons (Fsp3) is 0. The average molecular weight is 673 g/mol. The number of para-hydroxylation sites is 2. The second kappa shape index (κ2) is 11.8. The Kier molecular flexibility index (Phi) is 6.62. The van der Waals surface area contributed by atoms with Gasteiger partial charge in [-0.15, -0.1) is 0 Å². The summed E-state index contributed by atoms with van der Waals surface area (Å²) in [5.74, 6) is 0. The van der Waals surface area contributed by atoms with E-state index in [-0.39, 0.29) is 0 Å². The molecule has 0 spiro atoms. The second-order valence-electron chi connectivity index (χ2n) is 14.0. The van der Waals surface area contributed by atoms with Crippen LogP contribution in [0.3, 0.4) is 0 Å². The quantitative estimate of drug-likeness (QED) is 0.170. The maximum Gasteiger partial charge on any atom is 0.143 e. The highest BCUT2D eigenvalue weighted by molar-refractivity contribution is 6.24. The van der Waals surface area contributed by atoms with Crippen molar-refractivity contribution in [1.82, 2.24) is 0 Å². The van der Waals surface area contributed by atoms with E-state index in [2.05, 4.69) is 182 Å². The molecule has 0 radical (unpaired) electrons. The summed E-state index contributed by atoms with van der Waals surface area (Å²) in [5, 5.41) is 12.3. The average Bonchev–Trinajstić information content (AvgIpc) is 3.61. The Morgan fingerprint density at radius 2 is 0.811 bits per heavy atom. The minimum atomic E-state index is 0.915. The maximum absolute atomic E-state index is 6.44. The first-order valence-corrected chi connectivity index (χ1v) is 18.3. The van der Waals surface area contributed by atoms with Crippen LogP contribution in [0.5, 0.6) is 0 Å². The van der Waals surface area contributed by atoms with Gasteiger partial charge in [-0.3, -0.25) is 0 Å². The molecule has 1 nitrogen and oxygen atoms in total. The molecule has 0 amide bonds. The Morgan fingerprint density at radius 1 is 0.264 bits per heavy atom. The van der Waals surface area contributed by atoms with Gasteiger partial charge in [0, 0.05) is 16.3 Å². The summed E-state index contributed by atoms with van der Waals surface area (Å²) >= 11 is 0. The molecule has 1 heterocycles. The van der Waals surface area contributed by atoms with Crippen molar-refractivity contribution in [2.24, 2.45) is 0 Å². The van der Waals surface area contributed by atoms with Gasteiger partial charge >= 0.3 is 0 Å². The van der Waals surface area contributed by atoms with Gasteiger partial charge in [0.25, 0.3) is 0 Å². The summed E-state index contributed by atoms with van der Waals surface area (Å²) in [4.78, 5) is 0. The number of benzene rings is 10. The van der Waals surface area contributed by atoms with E-state index in [1.165, 1.54) is 76.5 Å². The Hall–Kier alpha value is -6.96. The summed E-state index contributed by atoms with van der Waals surface area (Å²) in [7, 11) is 0. The Bertz CT molecular complexity index is 3210. The topological polar surface area (TPSA) is 13.1 Å². The van der Waals surface area contributed by atoms with E-state index in [9.17, 15) is 0 Å². The van der Waals surface area contributed by atoms with Crippen molar-refractivity contribution in [3.63, 3.8) is 0 Å². The third-order valence-corrected chi connectivity index (χ3v) is 11.1.